The molecule has 0 aliphatic carbocycles. The second-order valence-corrected chi connectivity index (χ2v) is 10.8. The van der Waals surface area contributed by atoms with Crippen molar-refractivity contribution in [3.8, 4) is 0 Å². The molecular weight excluding hydrogens is 464 g/mol. The van der Waals surface area contributed by atoms with Crippen molar-refractivity contribution in [2.45, 2.75) is 37.8 Å². The summed E-state index contributed by atoms with van der Waals surface area (Å²) in [6, 6.07) is 4.01. The van der Waals surface area contributed by atoms with Crippen LogP contribution >= 0.6 is 0 Å². The summed E-state index contributed by atoms with van der Waals surface area (Å²) in [5, 5.41) is 25.1. The molecule has 10 nitrogen and oxygen atoms in total. The number of rotatable bonds is 8. The van der Waals surface area contributed by atoms with Gasteiger partial charge in [0.1, 0.15) is 12.1 Å². The molecule has 6 aliphatic heterocycles. The number of benzene rings is 1. The molecule has 0 aromatic heterocycles. The molecule has 6 fully saturated rings. The third-order valence-electron chi connectivity index (χ3n) is 8.76. The molecule has 6 saturated heterocycles. The standard InChI is InChI=1S/C26H34N4O6/c31-23(27-21(25(33)34)19-13-29-8-4-15(19)5-9-29)17-2-1-3-18(12-17)24(32)28-22(26(35)36)20-14-30-10-6-16(20)7-11-30/h1-3,12,15-16,19-22H,4-11,13-14H2,(H,27,31)(H,28,32)(H,33,34)(H,35,36)/t19-,20-,21?,22?/m0/s1. The number of hydrogen-bond acceptors (Lipinski definition) is 6. The minimum Gasteiger partial charge on any atom is -0.480 e. The van der Waals surface area contributed by atoms with E-state index in [0.29, 0.717) is 13.1 Å². The Morgan fingerprint density at radius 1 is 0.722 bits per heavy atom. The Hall–Kier alpha value is -2.98. The summed E-state index contributed by atoms with van der Waals surface area (Å²) in [6.45, 7) is 5.18. The first-order chi connectivity index (χ1) is 17.3. The molecule has 6 heterocycles. The topological polar surface area (TPSA) is 139 Å². The first-order valence-electron chi connectivity index (χ1n) is 12.9. The van der Waals surface area contributed by atoms with Gasteiger partial charge in [-0.15, -0.1) is 0 Å². The molecule has 4 atom stereocenters. The van der Waals surface area contributed by atoms with Crippen LogP contribution in [0.15, 0.2) is 24.3 Å². The molecule has 1 aromatic carbocycles. The molecule has 194 valence electrons. The Balaban J connectivity index is 1.27. The number of aliphatic carboxylic acids is 2. The van der Waals surface area contributed by atoms with Crippen molar-refractivity contribution in [1.82, 2.24) is 20.4 Å². The molecule has 36 heavy (non-hydrogen) atoms. The van der Waals surface area contributed by atoms with E-state index in [4.69, 9.17) is 0 Å². The lowest BCUT2D eigenvalue weighted by Crippen LogP contribution is -2.58. The number of nitrogens with one attached hydrogen (secondary N) is 2. The number of piperidine rings is 6. The van der Waals surface area contributed by atoms with Crippen LogP contribution in [-0.2, 0) is 9.59 Å². The van der Waals surface area contributed by atoms with E-state index in [-0.39, 0.29) is 34.8 Å². The fraction of sp³-hybridized carbons (Fsp3) is 0.615. The van der Waals surface area contributed by atoms with E-state index in [9.17, 15) is 29.4 Å². The number of carbonyl (C=O) groups excluding carboxylic acids is 2. The van der Waals surface area contributed by atoms with E-state index in [1.807, 2.05) is 0 Å². The van der Waals surface area contributed by atoms with Crippen LogP contribution < -0.4 is 10.6 Å². The second-order valence-electron chi connectivity index (χ2n) is 10.8. The first kappa shape index (κ1) is 24.7. The average Bonchev–Trinajstić information content (AvgIpc) is 2.91. The van der Waals surface area contributed by atoms with Crippen LogP contribution in [0.3, 0.4) is 0 Å². The van der Waals surface area contributed by atoms with Crippen LogP contribution in [0.5, 0.6) is 0 Å². The summed E-state index contributed by atoms with van der Waals surface area (Å²) in [4.78, 5) is 54.6. The summed E-state index contributed by atoms with van der Waals surface area (Å²) in [5.41, 5.74) is 0.342. The van der Waals surface area contributed by atoms with Gasteiger partial charge in [-0.25, -0.2) is 9.59 Å². The predicted molar refractivity (Wildman–Crippen MR) is 130 cm³/mol. The van der Waals surface area contributed by atoms with Crippen molar-refractivity contribution in [2.24, 2.45) is 23.7 Å². The van der Waals surface area contributed by atoms with Crippen LogP contribution in [0.25, 0.3) is 0 Å². The SMILES string of the molecule is O=C(NC(C(=O)O)[C@H]1CN2CCC1CC2)c1cccc(C(=O)NC(C(=O)O)[C@H]2CN3CCC2CC3)c1. The zero-order valence-corrected chi connectivity index (χ0v) is 20.3. The number of carboxylic acid groups (broad SMARTS) is 2. The van der Waals surface area contributed by atoms with Gasteiger partial charge in [-0.1, -0.05) is 6.07 Å². The molecule has 7 rings (SSSR count). The lowest BCUT2D eigenvalue weighted by molar-refractivity contribution is -0.143. The molecule has 4 N–H and O–H groups in total. The third-order valence-corrected chi connectivity index (χ3v) is 8.76. The highest BCUT2D eigenvalue weighted by atomic mass is 16.4. The molecule has 0 saturated carbocycles. The summed E-state index contributed by atoms with van der Waals surface area (Å²) >= 11 is 0. The second kappa shape index (κ2) is 10.2. The number of carboxylic acids is 2. The Morgan fingerprint density at radius 3 is 1.42 bits per heavy atom. The molecule has 2 unspecified atom stereocenters. The quantitative estimate of drug-likeness (QED) is 0.412. The smallest absolute Gasteiger partial charge is 0.326 e. The van der Waals surface area contributed by atoms with E-state index >= 15 is 0 Å². The summed E-state index contributed by atoms with van der Waals surface area (Å²) in [7, 11) is 0. The molecule has 2 amide bonds. The molecule has 0 spiro atoms. The fourth-order valence-corrected chi connectivity index (χ4v) is 6.73. The van der Waals surface area contributed by atoms with E-state index < -0.39 is 35.8 Å². The summed E-state index contributed by atoms with van der Waals surface area (Å²) in [5.74, 6) is -2.99. The monoisotopic (exact) mass is 498 g/mol. The van der Waals surface area contributed by atoms with Crippen LogP contribution in [0, 0.1) is 23.7 Å². The number of amides is 2. The van der Waals surface area contributed by atoms with Gasteiger partial charge in [-0.2, -0.15) is 0 Å². The molecule has 4 bridgehead atoms. The number of carbonyl (C=O) groups is 4. The number of nitrogens with zero attached hydrogens (tertiary/aromatic N) is 2. The highest BCUT2D eigenvalue weighted by molar-refractivity contribution is 6.01. The number of hydrogen-bond donors (Lipinski definition) is 4. The molecule has 6 aliphatic rings. The van der Waals surface area contributed by atoms with E-state index in [2.05, 4.69) is 20.4 Å². The van der Waals surface area contributed by atoms with Crippen molar-refractivity contribution in [3.63, 3.8) is 0 Å². The van der Waals surface area contributed by atoms with Gasteiger partial charge in [0.25, 0.3) is 11.8 Å². The van der Waals surface area contributed by atoms with Gasteiger partial charge in [0.15, 0.2) is 0 Å². The molecule has 1 aromatic rings. The van der Waals surface area contributed by atoms with Gasteiger partial charge < -0.3 is 30.6 Å². The van der Waals surface area contributed by atoms with Crippen molar-refractivity contribution in [1.29, 1.82) is 0 Å². The predicted octanol–water partition coefficient (Wildman–Crippen LogP) is 0.736. The van der Waals surface area contributed by atoms with Crippen molar-refractivity contribution in [3.05, 3.63) is 35.4 Å². The van der Waals surface area contributed by atoms with Crippen LogP contribution in [0.2, 0.25) is 0 Å². The lowest BCUT2D eigenvalue weighted by Gasteiger charge is -2.46. The average molecular weight is 499 g/mol. The fourth-order valence-electron chi connectivity index (χ4n) is 6.73. The normalized spacial score (nSPS) is 32.3. The maximum Gasteiger partial charge on any atom is 0.326 e. The maximum atomic E-state index is 13.0. The minimum atomic E-state index is -1.06. The zero-order valence-electron chi connectivity index (χ0n) is 20.3. The van der Waals surface area contributed by atoms with Crippen LogP contribution in [0.1, 0.15) is 46.4 Å². The van der Waals surface area contributed by atoms with Gasteiger partial charge in [0.2, 0.25) is 0 Å². The summed E-state index contributed by atoms with van der Waals surface area (Å²) < 4.78 is 0. The van der Waals surface area contributed by atoms with Gasteiger partial charge in [-0.05, 0) is 81.9 Å². The maximum absolute atomic E-state index is 13.0. The molecular formula is C26H34N4O6. The Bertz CT molecular complexity index is 954. The Kier molecular flexibility index (Phi) is 6.98. The highest BCUT2D eigenvalue weighted by Gasteiger charge is 2.43. The van der Waals surface area contributed by atoms with Gasteiger partial charge in [0, 0.05) is 36.1 Å². The minimum absolute atomic E-state index is 0.154. The van der Waals surface area contributed by atoms with E-state index in [0.717, 1.165) is 51.9 Å². The van der Waals surface area contributed by atoms with Gasteiger partial charge >= 0.3 is 11.9 Å². The van der Waals surface area contributed by atoms with Crippen molar-refractivity contribution >= 4 is 23.8 Å². The Labute approximate surface area is 210 Å². The highest BCUT2D eigenvalue weighted by Crippen LogP contribution is 2.35. The molecule has 0 radical (unpaired) electrons. The van der Waals surface area contributed by atoms with Crippen LogP contribution in [0.4, 0.5) is 0 Å². The van der Waals surface area contributed by atoms with Crippen molar-refractivity contribution < 1.29 is 29.4 Å². The van der Waals surface area contributed by atoms with Crippen molar-refractivity contribution in [2.75, 3.05) is 39.3 Å². The number of fused-ring (bicyclic) bond motifs is 6. The van der Waals surface area contributed by atoms with Gasteiger partial charge in [0.05, 0.1) is 0 Å². The zero-order chi connectivity index (χ0) is 25.4. The van der Waals surface area contributed by atoms with Gasteiger partial charge in [-0.3, -0.25) is 9.59 Å². The van der Waals surface area contributed by atoms with Crippen LogP contribution in [-0.4, -0.2) is 95.1 Å². The molecule has 10 heteroatoms. The van der Waals surface area contributed by atoms with E-state index in [1.165, 1.54) is 18.2 Å². The Morgan fingerprint density at radius 2 is 1.11 bits per heavy atom. The third kappa shape index (κ3) is 4.97. The first-order valence-corrected chi connectivity index (χ1v) is 12.9. The largest absolute Gasteiger partial charge is 0.480 e. The lowest BCUT2D eigenvalue weighted by atomic mass is 9.75. The van der Waals surface area contributed by atoms with E-state index in [1.54, 1.807) is 6.07 Å². The summed E-state index contributed by atoms with van der Waals surface area (Å²) in [6.07, 6.45) is 3.74.